The molecule has 26 heavy (non-hydrogen) atoms. The number of benzene rings is 2. The number of amides is 1. The molecule has 0 spiro atoms. The molecule has 0 heterocycles. The van der Waals surface area contributed by atoms with E-state index >= 15 is 0 Å². The molecule has 0 atom stereocenters. The summed E-state index contributed by atoms with van der Waals surface area (Å²) in [5, 5.41) is 13.5. The lowest BCUT2D eigenvalue weighted by atomic mass is 10.1. The Labute approximate surface area is 151 Å². The summed E-state index contributed by atoms with van der Waals surface area (Å²) in [5.74, 6) is -0.539. The maximum atomic E-state index is 12.1. The van der Waals surface area contributed by atoms with E-state index in [0.717, 1.165) is 10.4 Å². The minimum atomic E-state index is -3.62. The molecule has 0 aliphatic carbocycles. The molecule has 0 bridgehead atoms. The zero-order valence-corrected chi connectivity index (χ0v) is 14.9. The number of anilines is 1. The number of nitrogens with one attached hydrogen (secondary N) is 1. The third kappa shape index (κ3) is 4.52. The van der Waals surface area contributed by atoms with Crippen LogP contribution in [-0.2, 0) is 14.8 Å². The van der Waals surface area contributed by atoms with Crippen molar-refractivity contribution < 1.29 is 18.1 Å². The van der Waals surface area contributed by atoms with Gasteiger partial charge in [-0.25, -0.2) is 12.7 Å². The second kappa shape index (κ2) is 7.89. The van der Waals surface area contributed by atoms with Gasteiger partial charge in [-0.1, -0.05) is 18.2 Å². The molecule has 0 aromatic heterocycles. The molecule has 2 aromatic carbocycles. The van der Waals surface area contributed by atoms with E-state index in [1.165, 1.54) is 56.6 Å². The lowest BCUT2D eigenvalue weighted by Crippen LogP contribution is -2.22. The van der Waals surface area contributed by atoms with Crippen molar-refractivity contribution in [3.63, 3.8) is 0 Å². The van der Waals surface area contributed by atoms with Gasteiger partial charge in [0, 0.05) is 31.9 Å². The third-order valence-corrected chi connectivity index (χ3v) is 5.24. The Bertz CT molecular complexity index is 968. The molecule has 0 saturated carbocycles. The van der Waals surface area contributed by atoms with Crippen LogP contribution in [0, 0.1) is 10.1 Å². The van der Waals surface area contributed by atoms with Crippen LogP contribution in [0.5, 0.6) is 0 Å². The van der Waals surface area contributed by atoms with Crippen molar-refractivity contribution in [1.82, 2.24) is 4.31 Å². The zero-order valence-electron chi connectivity index (χ0n) is 14.1. The Morgan fingerprint density at radius 3 is 2.50 bits per heavy atom. The summed E-state index contributed by atoms with van der Waals surface area (Å²) in [4.78, 5) is 22.5. The quantitative estimate of drug-likeness (QED) is 0.474. The number of nitro groups is 1. The average Bonchev–Trinajstić information content (AvgIpc) is 2.60. The van der Waals surface area contributed by atoms with Crippen LogP contribution in [-0.4, -0.2) is 37.6 Å². The van der Waals surface area contributed by atoms with Crippen molar-refractivity contribution >= 4 is 33.4 Å². The first-order chi connectivity index (χ1) is 12.2. The van der Waals surface area contributed by atoms with Crippen LogP contribution < -0.4 is 5.32 Å². The lowest BCUT2D eigenvalue weighted by Gasteiger charge is -2.12. The molecule has 1 amide bonds. The molecule has 0 radical (unpaired) electrons. The van der Waals surface area contributed by atoms with Gasteiger partial charge in [0.2, 0.25) is 15.9 Å². The van der Waals surface area contributed by atoms with Crippen molar-refractivity contribution in [2.75, 3.05) is 19.4 Å². The maximum absolute atomic E-state index is 12.1. The van der Waals surface area contributed by atoms with E-state index in [-0.39, 0.29) is 16.1 Å². The molecule has 0 saturated heterocycles. The fourth-order valence-corrected chi connectivity index (χ4v) is 3.04. The van der Waals surface area contributed by atoms with Crippen LogP contribution in [0.25, 0.3) is 6.08 Å². The summed E-state index contributed by atoms with van der Waals surface area (Å²) in [7, 11) is -0.791. The highest BCUT2D eigenvalue weighted by atomic mass is 32.2. The monoisotopic (exact) mass is 375 g/mol. The minimum absolute atomic E-state index is 0.0444. The number of hydrogen-bond donors (Lipinski definition) is 1. The fourth-order valence-electron chi connectivity index (χ4n) is 2.09. The van der Waals surface area contributed by atoms with Gasteiger partial charge in [-0.05, 0) is 30.3 Å². The number of carbonyl (C=O) groups is 1. The molecule has 0 aliphatic heterocycles. The molecule has 0 unspecified atom stereocenters. The topological polar surface area (TPSA) is 110 Å². The molecular formula is C17H17N3O5S. The minimum Gasteiger partial charge on any atom is -0.322 e. The highest BCUT2D eigenvalue weighted by Crippen LogP contribution is 2.20. The molecule has 136 valence electrons. The van der Waals surface area contributed by atoms with Crippen LogP contribution in [0.4, 0.5) is 11.4 Å². The van der Waals surface area contributed by atoms with E-state index in [0.29, 0.717) is 5.69 Å². The number of carbonyl (C=O) groups excluding carboxylic acids is 1. The second-order valence-corrected chi connectivity index (χ2v) is 7.61. The molecular weight excluding hydrogens is 358 g/mol. The SMILES string of the molecule is CN(C)S(=O)(=O)c1cccc(NC(=O)C=Cc2ccccc2[N+](=O)[O-])c1. The number of rotatable bonds is 6. The van der Waals surface area contributed by atoms with Gasteiger partial charge in [-0.15, -0.1) is 0 Å². The summed E-state index contributed by atoms with van der Waals surface area (Å²) in [6.45, 7) is 0. The van der Waals surface area contributed by atoms with Crippen molar-refractivity contribution in [3.05, 3.63) is 70.3 Å². The Morgan fingerprint density at radius 1 is 1.15 bits per heavy atom. The standard InChI is InChI=1S/C17H17N3O5S/c1-19(2)26(24,25)15-8-5-7-14(12-15)18-17(21)11-10-13-6-3-4-9-16(13)20(22)23/h3-12H,1-2H3,(H,18,21). The van der Waals surface area contributed by atoms with Gasteiger partial charge in [0.25, 0.3) is 5.69 Å². The zero-order chi connectivity index (χ0) is 19.3. The van der Waals surface area contributed by atoms with Crippen molar-refractivity contribution in [2.24, 2.45) is 0 Å². The van der Waals surface area contributed by atoms with E-state index in [4.69, 9.17) is 0 Å². The van der Waals surface area contributed by atoms with Gasteiger partial charge in [0.15, 0.2) is 0 Å². The van der Waals surface area contributed by atoms with E-state index in [1.54, 1.807) is 12.1 Å². The van der Waals surface area contributed by atoms with Crippen LogP contribution in [0.2, 0.25) is 0 Å². The molecule has 2 aromatic rings. The molecule has 2 rings (SSSR count). The summed E-state index contributed by atoms with van der Waals surface area (Å²) >= 11 is 0. The average molecular weight is 375 g/mol. The van der Waals surface area contributed by atoms with Crippen molar-refractivity contribution in [3.8, 4) is 0 Å². The summed E-state index contributed by atoms with van der Waals surface area (Å²) in [5.41, 5.74) is 0.470. The number of sulfonamides is 1. The Balaban J connectivity index is 2.18. The lowest BCUT2D eigenvalue weighted by molar-refractivity contribution is -0.385. The van der Waals surface area contributed by atoms with Crippen LogP contribution in [0.15, 0.2) is 59.5 Å². The number of nitro benzene ring substituents is 1. The molecule has 0 fully saturated rings. The summed E-state index contributed by atoms with van der Waals surface area (Å²) < 4.78 is 25.3. The fraction of sp³-hybridized carbons (Fsp3) is 0.118. The molecule has 8 nitrogen and oxygen atoms in total. The Kier molecular flexibility index (Phi) is 5.86. The van der Waals surface area contributed by atoms with Gasteiger partial charge in [0.1, 0.15) is 0 Å². The molecule has 1 N–H and O–H groups in total. The van der Waals surface area contributed by atoms with Gasteiger partial charge in [0.05, 0.1) is 15.4 Å². The second-order valence-electron chi connectivity index (χ2n) is 5.45. The van der Waals surface area contributed by atoms with Crippen molar-refractivity contribution in [2.45, 2.75) is 4.90 Å². The molecule has 9 heteroatoms. The summed E-state index contributed by atoms with van der Waals surface area (Å²) in [6.07, 6.45) is 2.48. The molecule has 0 aliphatic rings. The first-order valence-corrected chi connectivity index (χ1v) is 8.91. The van der Waals surface area contributed by atoms with Gasteiger partial charge < -0.3 is 5.32 Å². The van der Waals surface area contributed by atoms with Crippen LogP contribution in [0.3, 0.4) is 0 Å². The smallest absolute Gasteiger partial charge is 0.276 e. The van der Waals surface area contributed by atoms with E-state index in [2.05, 4.69) is 5.32 Å². The first kappa shape index (κ1) is 19.3. The predicted octanol–water partition coefficient (Wildman–Crippen LogP) is 2.50. The van der Waals surface area contributed by atoms with Crippen molar-refractivity contribution in [1.29, 1.82) is 0 Å². The number of para-hydroxylation sites is 1. The van der Waals surface area contributed by atoms with Crippen LogP contribution >= 0.6 is 0 Å². The third-order valence-electron chi connectivity index (χ3n) is 3.43. The first-order valence-electron chi connectivity index (χ1n) is 7.47. The Morgan fingerprint density at radius 2 is 1.85 bits per heavy atom. The van der Waals surface area contributed by atoms with Crippen LogP contribution in [0.1, 0.15) is 5.56 Å². The normalized spacial score (nSPS) is 11.7. The van der Waals surface area contributed by atoms with E-state index < -0.39 is 20.9 Å². The van der Waals surface area contributed by atoms with E-state index in [1.807, 2.05) is 0 Å². The highest BCUT2D eigenvalue weighted by Gasteiger charge is 2.17. The maximum Gasteiger partial charge on any atom is 0.276 e. The van der Waals surface area contributed by atoms with Gasteiger partial charge >= 0.3 is 0 Å². The number of hydrogen-bond acceptors (Lipinski definition) is 5. The largest absolute Gasteiger partial charge is 0.322 e. The Hall–Kier alpha value is -3.04. The van der Waals surface area contributed by atoms with E-state index in [9.17, 15) is 23.3 Å². The van der Waals surface area contributed by atoms with Gasteiger partial charge in [-0.3, -0.25) is 14.9 Å². The highest BCUT2D eigenvalue weighted by molar-refractivity contribution is 7.89. The summed E-state index contributed by atoms with van der Waals surface area (Å²) in [6, 6.07) is 11.8. The predicted molar refractivity (Wildman–Crippen MR) is 98.1 cm³/mol. The van der Waals surface area contributed by atoms with Gasteiger partial charge in [-0.2, -0.15) is 0 Å². The number of nitrogens with zero attached hydrogens (tertiary/aromatic N) is 2.